The highest BCUT2D eigenvalue weighted by Crippen LogP contribution is 2.11. The lowest BCUT2D eigenvalue weighted by molar-refractivity contribution is -0.147. The molecule has 2 aromatic rings. The average molecular weight is 368 g/mol. The van der Waals surface area contributed by atoms with E-state index in [-0.39, 0.29) is 11.8 Å². The third-order valence-electron chi connectivity index (χ3n) is 4.36. The van der Waals surface area contributed by atoms with Gasteiger partial charge in [0.2, 0.25) is 0 Å². The number of nitrogens with one attached hydrogen (secondary N) is 1. The van der Waals surface area contributed by atoms with Crippen molar-refractivity contribution < 1.29 is 14.3 Å². The third-order valence-corrected chi connectivity index (χ3v) is 4.36. The lowest BCUT2D eigenvalue weighted by Crippen LogP contribution is -2.45. The number of ether oxygens (including phenoxy) is 1. The summed E-state index contributed by atoms with van der Waals surface area (Å²) in [6, 6.07) is 12.5. The molecule has 0 radical (unpaired) electrons. The smallest absolute Gasteiger partial charge is 0.328 e. The van der Waals surface area contributed by atoms with Crippen molar-refractivity contribution in [3.63, 3.8) is 0 Å². The summed E-state index contributed by atoms with van der Waals surface area (Å²) in [6.45, 7) is 7.91. The van der Waals surface area contributed by atoms with Gasteiger partial charge in [-0.15, -0.1) is 0 Å². The summed E-state index contributed by atoms with van der Waals surface area (Å²) >= 11 is 0. The van der Waals surface area contributed by atoms with Crippen molar-refractivity contribution in [1.82, 2.24) is 10.3 Å². The van der Waals surface area contributed by atoms with E-state index >= 15 is 0 Å². The molecular formula is C22H28N2O3. The van der Waals surface area contributed by atoms with Crippen LogP contribution in [-0.2, 0) is 16.0 Å². The predicted molar refractivity (Wildman–Crippen MR) is 106 cm³/mol. The van der Waals surface area contributed by atoms with Gasteiger partial charge in [-0.1, -0.05) is 38.1 Å². The van der Waals surface area contributed by atoms with E-state index in [1.54, 1.807) is 6.07 Å². The highest BCUT2D eigenvalue weighted by Gasteiger charge is 2.26. The Kier molecular flexibility index (Phi) is 7.53. The maximum absolute atomic E-state index is 12.5. The van der Waals surface area contributed by atoms with Crippen molar-refractivity contribution in [3.05, 3.63) is 65.0 Å². The molecular weight excluding hydrogens is 340 g/mol. The Balaban J connectivity index is 1.87. The van der Waals surface area contributed by atoms with Crippen LogP contribution in [0.3, 0.4) is 0 Å². The molecule has 1 N–H and O–H groups in total. The second-order valence-electron chi connectivity index (χ2n) is 7.05. The van der Waals surface area contributed by atoms with Crippen LogP contribution >= 0.6 is 0 Å². The van der Waals surface area contributed by atoms with Gasteiger partial charge >= 0.3 is 5.97 Å². The van der Waals surface area contributed by atoms with Gasteiger partial charge in [0.25, 0.3) is 5.91 Å². The third kappa shape index (κ3) is 6.20. The van der Waals surface area contributed by atoms with E-state index in [9.17, 15) is 9.59 Å². The summed E-state index contributed by atoms with van der Waals surface area (Å²) in [4.78, 5) is 29.4. The first-order chi connectivity index (χ1) is 12.9. The molecule has 0 aliphatic rings. The molecule has 1 atom stereocenters. The first-order valence-corrected chi connectivity index (χ1v) is 9.34. The number of hydrogen-bond donors (Lipinski definition) is 1. The molecule has 1 heterocycles. The molecule has 27 heavy (non-hydrogen) atoms. The van der Waals surface area contributed by atoms with Gasteiger partial charge in [0.15, 0.2) is 0 Å². The Morgan fingerprint density at radius 2 is 1.81 bits per heavy atom. The van der Waals surface area contributed by atoms with Gasteiger partial charge < -0.3 is 10.1 Å². The number of esters is 1. The molecule has 0 aliphatic carbocycles. The van der Waals surface area contributed by atoms with E-state index in [0.29, 0.717) is 18.6 Å². The van der Waals surface area contributed by atoms with Gasteiger partial charge in [-0.3, -0.25) is 9.78 Å². The number of amides is 1. The summed E-state index contributed by atoms with van der Waals surface area (Å²) in [5, 5.41) is 2.81. The van der Waals surface area contributed by atoms with E-state index in [2.05, 4.69) is 10.3 Å². The zero-order chi connectivity index (χ0) is 19.8. The normalized spacial score (nSPS) is 11.9. The van der Waals surface area contributed by atoms with E-state index in [4.69, 9.17) is 4.74 Å². The van der Waals surface area contributed by atoms with Gasteiger partial charge in [0, 0.05) is 17.0 Å². The molecule has 1 amide bonds. The molecule has 1 unspecified atom stereocenters. The summed E-state index contributed by atoms with van der Waals surface area (Å²) in [5.74, 6) is -0.722. The molecule has 5 heteroatoms. The topological polar surface area (TPSA) is 68.3 Å². The Hall–Kier alpha value is -2.69. The number of rotatable bonds is 8. The second kappa shape index (κ2) is 9.86. The number of pyridine rings is 1. The largest absolute Gasteiger partial charge is 0.464 e. The van der Waals surface area contributed by atoms with Gasteiger partial charge in [0.05, 0.1) is 6.61 Å². The highest BCUT2D eigenvalue weighted by molar-refractivity contribution is 5.98. The highest BCUT2D eigenvalue weighted by atomic mass is 16.5. The standard InChI is InChI=1S/C22H28N2O3/c1-15(2)20(24-21(25)19-13-6-5-9-16(19)3)22(26)27-14-8-12-18-11-7-10-17(4)23-18/h5-7,9-11,13,15,20H,8,12,14H2,1-4H3,(H,24,25). The lowest BCUT2D eigenvalue weighted by atomic mass is 10.0. The zero-order valence-corrected chi connectivity index (χ0v) is 16.5. The summed E-state index contributed by atoms with van der Waals surface area (Å²) in [6.07, 6.45) is 1.44. The number of aromatic nitrogens is 1. The van der Waals surface area contributed by atoms with Crippen molar-refractivity contribution in [1.29, 1.82) is 0 Å². The molecule has 0 saturated heterocycles. The number of aryl methyl sites for hydroxylation is 3. The first-order valence-electron chi connectivity index (χ1n) is 9.34. The van der Waals surface area contributed by atoms with Crippen LogP contribution in [0.25, 0.3) is 0 Å². The minimum atomic E-state index is -0.672. The number of carbonyl (C=O) groups is 2. The fraction of sp³-hybridized carbons (Fsp3) is 0.409. The number of nitrogens with zero attached hydrogens (tertiary/aromatic N) is 1. The van der Waals surface area contributed by atoms with Crippen LogP contribution in [0, 0.1) is 19.8 Å². The Morgan fingerprint density at radius 1 is 1.07 bits per heavy atom. The maximum Gasteiger partial charge on any atom is 0.328 e. The fourth-order valence-corrected chi connectivity index (χ4v) is 2.80. The van der Waals surface area contributed by atoms with Crippen molar-refractivity contribution in [2.75, 3.05) is 6.61 Å². The number of carbonyl (C=O) groups excluding carboxylic acids is 2. The lowest BCUT2D eigenvalue weighted by Gasteiger charge is -2.21. The summed E-state index contributed by atoms with van der Waals surface area (Å²) in [5.41, 5.74) is 3.40. The first kappa shape index (κ1) is 20.6. The number of hydrogen-bond acceptors (Lipinski definition) is 4. The molecule has 0 spiro atoms. The SMILES string of the molecule is Cc1cccc(CCCOC(=O)C(NC(=O)c2ccccc2C)C(C)C)n1. The van der Waals surface area contributed by atoms with Crippen LogP contribution in [0.1, 0.15) is 47.6 Å². The summed E-state index contributed by atoms with van der Waals surface area (Å²) in [7, 11) is 0. The maximum atomic E-state index is 12.5. The molecule has 0 aliphatic heterocycles. The molecule has 2 rings (SSSR count). The molecule has 1 aromatic carbocycles. The minimum absolute atomic E-state index is 0.0658. The molecule has 0 bridgehead atoms. The molecule has 5 nitrogen and oxygen atoms in total. The van der Waals surface area contributed by atoms with Gasteiger partial charge in [0.1, 0.15) is 6.04 Å². The van der Waals surface area contributed by atoms with Crippen LogP contribution in [0.5, 0.6) is 0 Å². The number of benzene rings is 1. The van der Waals surface area contributed by atoms with E-state index in [1.807, 2.05) is 64.1 Å². The van der Waals surface area contributed by atoms with Crippen molar-refractivity contribution in [3.8, 4) is 0 Å². The van der Waals surface area contributed by atoms with Crippen LogP contribution in [0.4, 0.5) is 0 Å². The van der Waals surface area contributed by atoms with Crippen LogP contribution in [0.15, 0.2) is 42.5 Å². The average Bonchev–Trinajstić information content (AvgIpc) is 2.63. The van der Waals surface area contributed by atoms with E-state index in [0.717, 1.165) is 23.4 Å². The summed E-state index contributed by atoms with van der Waals surface area (Å²) < 4.78 is 5.40. The molecule has 1 aromatic heterocycles. The Labute approximate surface area is 161 Å². The minimum Gasteiger partial charge on any atom is -0.464 e. The predicted octanol–water partition coefficient (Wildman–Crippen LogP) is 3.63. The zero-order valence-electron chi connectivity index (χ0n) is 16.5. The Bertz CT molecular complexity index is 787. The second-order valence-corrected chi connectivity index (χ2v) is 7.05. The van der Waals surface area contributed by atoms with Gasteiger partial charge in [-0.25, -0.2) is 4.79 Å². The monoisotopic (exact) mass is 368 g/mol. The van der Waals surface area contributed by atoms with Crippen molar-refractivity contribution >= 4 is 11.9 Å². The molecule has 144 valence electrons. The molecule has 0 saturated carbocycles. The quantitative estimate of drug-likeness (QED) is 0.571. The van der Waals surface area contributed by atoms with Crippen LogP contribution in [-0.4, -0.2) is 29.5 Å². The van der Waals surface area contributed by atoms with E-state index < -0.39 is 12.0 Å². The molecule has 0 fully saturated rings. The van der Waals surface area contributed by atoms with Crippen LogP contribution in [0.2, 0.25) is 0 Å². The van der Waals surface area contributed by atoms with Crippen molar-refractivity contribution in [2.24, 2.45) is 5.92 Å². The van der Waals surface area contributed by atoms with E-state index in [1.165, 1.54) is 0 Å². The van der Waals surface area contributed by atoms with Gasteiger partial charge in [-0.2, -0.15) is 0 Å². The fourth-order valence-electron chi connectivity index (χ4n) is 2.80. The van der Waals surface area contributed by atoms with Gasteiger partial charge in [-0.05, 0) is 56.4 Å². The Morgan fingerprint density at radius 3 is 2.48 bits per heavy atom. The van der Waals surface area contributed by atoms with Crippen molar-refractivity contribution in [2.45, 2.75) is 46.6 Å². The van der Waals surface area contributed by atoms with Crippen LogP contribution < -0.4 is 5.32 Å².